The van der Waals surface area contributed by atoms with Gasteiger partial charge >= 0.3 is 0 Å². The van der Waals surface area contributed by atoms with Crippen molar-refractivity contribution in [1.82, 2.24) is 0 Å². The van der Waals surface area contributed by atoms with Gasteiger partial charge in [-0.1, -0.05) is 48.3 Å². The molecule has 2 heteroatoms. The molecule has 0 bridgehead atoms. The first kappa shape index (κ1) is 11.2. The zero-order valence-corrected chi connectivity index (χ0v) is 10.8. The molecule has 13 heavy (non-hydrogen) atoms. The predicted molar refractivity (Wildman–Crippen MR) is 67.1 cm³/mol. The molecule has 0 saturated carbocycles. The van der Waals surface area contributed by atoms with Crippen LogP contribution in [-0.4, -0.2) is 11.5 Å². The smallest absolute Gasteiger partial charge is 0.00346 e. The van der Waals surface area contributed by atoms with Gasteiger partial charge in [0.2, 0.25) is 0 Å². The van der Waals surface area contributed by atoms with E-state index in [0.29, 0.717) is 0 Å². The van der Waals surface area contributed by atoms with Crippen molar-refractivity contribution in [3.05, 3.63) is 29.3 Å². The van der Waals surface area contributed by atoms with Crippen molar-refractivity contribution in [1.29, 1.82) is 0 Å². The fourth-order valence-electron chi connectivity index (χ4n) is 1.22. The maximum atomic E-state index is 3.46. The molecule has 0 amide bonds. The van der Waals surface area contributed by atoms with Crippen LogP contribution in [0.25, 0.3) is 0 Å². The van der Waals surface area contributed by atoms with Crippen molar-refractivity contribution in [3.63, 3.8) is 0 Å². The van der Waals surface area contributed by atoms with Crippen molar-refractivity contribution in [2.45, 2.75) is 20.3 Å². The number of hydrogen-bond acceptors (Lipinski definition) is 0. The minimum atomic E-state index is 0.977. The van der Waals surface area contributed by atoms with Crippen molar-refractivity contribution in [2.75, 3.05) is 11.5 Å². The Morgan fingerprint density at radius 1 is 1.31 bits per heavy atom. The number of aryl methyl sites for hydroxylation is 2. The van der Waals surface area contributed by atoms with E-state index in [-0.39, 0.29) is 0 Å². The zero-order chi connectivity index (χ0) is 9.68. The van der Waals surface area contributed by atoms with Crippen LogP contribution in [0.15, 0.2) is 18.2 Å². The summed E-state index contributed by atoms with van der Waals surface area (Å²) in [5.41, 5.74) is 2.82. The lowest BCUT2D eigenvalue weighted by Gasteiger charge is -2.06. The summed E-state index contributed by atoms with van der Waals surface area (Å²) in [6.07, 6.45) is 2.60. The zero-order valence-electron chi connectivity index (χ0n) is 8.23. The van der Waals surface area contributed by atoms with Crippen molar-refractivity contribution >= 4 is 29.8 Å². The summed E-state index contributed by atoms with van der Waals surface area (Å²) in [6.45, 7) is 4.37. The van der Waals surface area contributed by atoms with Crippen LogP contribution in [-0.2, 0) is 0 Å². The van der Waals surface area contributed by atoms with Gasteiger partial charge in [-0.3, -0.25) is 0 Å². The highest BCUT2D eigenvalue weighted by molar-refractivity contribution is 9.09. The Morgan fingerprint density at radius 3 is 2.77 bits per heavy atom. The molecule has 1 atom stereocenters. The highest BCUT2D eigenvalue weighted by atomic mass is 79.9. The Hall–Kier alpha value is 0.130. The first-order chi connectivity index (χ1) is 6.24. The molecule has 0 radical (unpaired) electrons. The third-order valence-electron chi connectivity index (χ3n) is 2.02. The fraction of sp³-hybridized carbons (Fsp3) is 0.455. The first-order valence-electron chi connectivity index (χ1n) is 4.61. The normalized spacial score (nSPS) is 11.3. The summed E-state index contributed by atoms with van der Waals surface area (Å²) < 4.78 is 0. The molecular weight excluding hydrogens is 243 g/mol. The summed E-state index contributed by atoms with van der Waals surface area (Å²) in [6, 6.07) is 6.74. The van der Waals surface area contributed by atoms with Crippen LogP contribution in [0.4, 0.5) is 0 Å². The largest absolute Gasteiger partial charge is 0.0928 e. The van der Waals surface area contributed by atoms with Gasteiger partial charge in [0.15, 0.2) is 0 Å². The van der Waals surface area contributed by atoms with Crippen LogP contribution < -0.4 is 5.30 Å². The molecule has 1 aromatic carbocycles. The highest BCUT2D eigenvalue weighted by Crippen LogP contribution is 2.16. The second-order valence-electron chi connectivity index (χ2n) is 3.29. The lowest BCUT2D eigenvalue weighted by molar-refractivity contribution is 1.13. The summed E-state index contributed by atoms with van der Waals surface area (Å²) in [4.78, 5) is 0. The summed E-state index contributed by atoms with van der Waals surface area (Å²) in [5, 5.41) is 2.67. The Balaban J connectivity index is 2.59. The third kappa shape index (κ3) is 3.79. The van der Waals surface area contributed by atoms with E-state index < -0.39 is 0 Å². The van der Waals surface area contributed by atoms with Crippen LogP contribution in [0, 0.1) is 13.8 Å². The van der Waals surface area contributed by atoms with Crippen molar-refractivity contribution in [3.8, 4) is 0 Å². The van der Waals surface area contributed by atoms with Crippen LogP contribution in [0.2, 0.25) is 0 Å². The third-order valence-corrected chi connectivity index (χ3v) is 4.10. The molecule has 0 aliphatic carbocycles. The Kier molecular flexibility index (Phi) is 4.98. The molecular formula is C11H16BrP. The van der Waals surface area contributed by atoms with E-state index in [0.717, 1.165) is 13.9 Å². The molecule has 72 valence electrons. The van der Waals surface area contributed by atoms with Gasteiger partial charge < -0.3 is 0 Å². The van der Waals surface area contributed by atoms with Crippen molar-refractivity contribution in [2.24, 2.45) is 0 Å². The standard InChI is InChI=1S/C11H16BrP/c1-9-4-5-10(2)11(8-9)13-7-3-6-12/h4-5,8,13H,3,6-7H2,1-2H3. The first-order valence-corrected chi connectivity index (χ1v) is 6.94. The molecule has 0 aliphatic heterocycles. The minimum absolute atomic E-state index is 0.977. The van der Waals surface area contributed by atoms with E-state index >= 15 is 0 Å². The highest BCUT2D eigenvalue weighted by Gasteiger charge is 1.97. The average Bonchev–Trinajstić information content (AvgIpc) is 2.11. The number of alkyl halides is 1. The number of benzene rings is 1. The SMILES string of the molecule is Cc1ccc(C)c(PCCCBr)c1. The van der Waals surface area contributed by atoms with Gasteiger partial charge in [-0.05, 0) is 37.3 Å². The fourth-order valence-corrected chi connectivity index (χ4v) is 3.33. The van der Waals surface area contributed by atoms with E-state index in [1.54, 1.807) is 5.30 Å². The summed E-state index contributed by atoms with van der Waals surface area (Å²) >= 11 is 3.46. The van der Waals surface area contributed by atoms with Crippen molar-refractivity contribution < 1.29 is 0 Å². The van der Waals surface area contributed by atoms with Gasteiger partial charge in [0, 0.05) is 5.33 Å². The van der Waals surface area contributed by atoms with Crippen LogP contribution in [0.3, 0.4) is 0 Å². The molecule has 0 nitrogen and oxygen atoms in total. The maximum absolute atomic E-state index is 3.46. The summed E-state index contributed by atoms with van der Waals surface area (Å²) in [5.74, 6) is 0. The van der Waals surface area contributed by atoms with Gasteiger partial charge in [0.25, 0.3) is 0 Å². The number of hydrogen-bond donors (Lipinski definition) is 0. The van der Waals surface area contributed by atoms with Gasteiger partial charge in [0.05, 0.1) is 0 Å². The topological polar surface area (TPSA) is 0 Å². The van der Waals surface area contributed by atoms with E-state index in [1.165, 1.54) is 23.7 Å². The van der Waals surface area contributed by atoms with Gasteiger partial charge in [0.1, 0.15) is 0 Å². The molecule has 0 aromatic heterocycles. The van der Waals surface area contributed by atoms with Gasteiger partial charge in [-0.2, -0.15) is 0 Å². The monoisotopic (exact) mass is 258 g/mol. The Labute approximate surface area is 91.0 Å². The quantitative estimate of drug-likeness (QED) is 0.441. The summed E-state index contributed by atoms with van der Waals surface area (Å²) in [7, 11) is 0.977. The van der Waals surface area contributed by atoms with Gasteiger partial charge in [-0.25, -0.2) is 0 Å². The van der Waals surface area contributed by atoms with E-state index in [2.05, 4.69) is 48.0 Å². The molecule has 1 aromatic rings. The molecule has 0 N–H and O–H groups in total. The Morgan fingerprint density at radius 2 is 2.08 bits per heavy atom. The molecule has 1 unspecified atom stereocenters. The molecule has 0 aliphatic rings. The lowest BCUT2D eigenvalue weighted by atomic mass is 10.2. The van der Waals surface area contributed by atoms with E-state index in [4.69, 9.17) is 0 Å². The van der Waals surface area contributed by atoms with E-state index in [1.807, 2.05) is 0 Å². The van der Waals surface area contributed by atoms with E-state index in [9.17, 15) is 0 Å². The predicted octanol–water partition coefficient (Wildman–Crippen LogP) is 3.39. The second kappa shape index (κ2) is 5.78. The molecule has 1 rings (SSSR count). The maximum Gasteiger partial charge on any atom is 0.00346 e. The minimum Gasteiger partial charge on any atom is -0.0928 e. The van der Waals surface area contributed by atoms with Crippen LogP contribution in [0.1, 0.15) is 17.5 Å². The van der Waals surface area contributed by atoms with Gasteiger partial charge in [-0.15, -0.1) is 0 Å². The molecule has 0 heterocycles. The molecule has 0 spiro atoms. The number of rotatable bonds is 4. The molecule has 0 fully saturated rings. The Bertz CT molecular complexity index is 271. The average molecular weight is 259 g/mol. The number of halogens is 1. The van der Waals surface area contributed by atoms with Crippen LogP contribution in [0.5, 0.6) is 0 Å². The second-order valence-corrected chi connectivity index (χ2v) is 5.47. The van der Waals surface area contributed by atoms with Crippen LogP contribution >= 0.6 is 24.5 Å². The lowest BCUT2D eigenvalue weighted by Crippen LogP contribution is -2.01. The molecule has 0 saturated heterocycles.